The zero-order valence-corrected chi connectivity index (χ0v) is 22.1. The second-order valence-corrected chi connectivity index (χ2v) is 10.7. The second kappa shape index (κ2) is 10.6. The maximum atomic E-state index is 14.5. The Hall–Kier alpha value is -3.87. The van der Waals surface area contributed by atoms with Gasteiger partial charge in [-0.15, -0.1) is 0 Å². The van der Waals surface area contributed by atoms with Gasteiger partial charge in [-0.2, -0.15) is 28.2 Å². The molecule has 0 amide bonds. The summed E-state index contributed by atoms with van der Waals surface area (Å²) >= 11 is 0. The van der Waals surface area contributed by atoms with Crippen molar-refractivity contribution in [2.45, 2.75) is 50.9 Å². The lowest BCUT2D eigenvalue weighted by Crippen LogP contribution is -2.41. The van der Waals surface area contributed by atoms with Crippen LogP contribution in [0, 0.1) is 5.41 Å². The summed E-state index contributed by atoms with van der Waals surface area (Å²) in [6.45, 7) is 7.68. The minimum Gasteiger partial charge on any atom is -0.480 e. The number of ether oxygens (including phenoxy) is 1. The lowest BCUT2D eigenvalue weighted by Gasteiger charge is -2.39. The zero-order chi connectivity index (χ0) is 28.7. The normalized spacial score (nSPS) is 21.4. The number of carbonyl (C=O) groups is 1. The second-order valence-electron chi connectivity index (χ2n) is 10.7. The summed E-state index contributed by atoms with van der Waals surface area (Å²) in [6, 6.07) is 5.48. The smallest absolute Gasteiger partial charge is 0.429 e. The summed E-state index contributed by atoms with van der Waals surface area (Å²) < 4.78 is 49.2. The Morgan fingerprint density at radius 2 is 2.02 bits per heavy atom. The van der Waals surface area contributed by atoms with Crippen LogP contribution in [-0.2, 0) is 4.79 Å². The number of hydrogen-bond acceptors (Lipinski definition) is 9. The highest BCUT2D eigenvalue weighted by Crippen LogP contribution is 2.43. The van der Waals surface area contributed by atoms with Crippen molar-refractivity contribution in [1.29, 1.82) is 0 Å². The molecule has 40 heavy (non-hydrogen) atoms. The number of alkyl halides is 3. The molecule has 214 valence electrons. The van der Waals surface area contributed by atoms with E-state index in [1.165, 1.54) is 18.2 Å². The molecule has 3 aliphatic heterocycles. The van der Waals surface area contributed by atoms with Gasteiger partial charge in [0.15, 0.2) is 0 Å². The molecule has 1 aromatic heterocycles. The average molecular weight is 560 g/mol. The van der Waals surface area contributed by atoms with Gasteiger partial charge in [-0.05, 0) is 49.3 Å². The number of rotatable bonds is 7. The van der Waals surface area contributed by atoms with Crippen molar-refractivity contribution >= 4 is 35.2 Å². The number of anilines is 3. The summed E-state index contributed by atoms with van der Waals surface area (Å²) in [6.07, 6.45) is -3.04. The predicted octanol–water partition coefficient (Wildman–Crippen LogP) is 4.00. The first kappa shape index (κ1) is 27.7. The van der Waals surface area contributed by atoms with E-state index in [4.69, 9.17) is 10.5 Å². The lowest BCUT2D eigenvalue weighted by atomic mass is 9.76. The number of nitrogens with two attached hydrogens (primary N) is 1. The largest absolute Gasteiger partial charge is 0.480 e. The van der Waals surface area contributed by atoms with Crippen molar-refractivity contribution < 1.29 is 27.8 Å². The number of hydrazone groups is 1. The van der Waals surface area contributed by atoms with E-state index in [2.05, 4.69) is 27.0 Å². The van der Waals surface area contributed by atoms with E-state index in [1.807, 2.05) is 11.8 Å². The lowest BCUT2D eigenvalue weighted by molar-refractivity contribution is -0.198. The first-order valence-electron chi connectivity index (χ1n) is 13.1. The third kappa shape index (κ3) is 5.69. The fourth-order valence-corrected chi connectivity index (χ4v) is 5.66. The van der Waals surface area contributed by atoms with Gasteiger partial charge in [0.25, 0.3) is 0 Å². The molecule has 0 aliphatic carbocycles. The summed E-state index contributed by atoms with van der Waals surface area (Å²) in [5, 5.41) is 18.3. The Bertz CT molecular complexity index is 1320. The van der Waals surface area contributed by atoms with Gasteiger partial charge >= 0.3 is 12.1 Å². The maximum absolute atomic E-state index is 14.5. The number of nitrogens with one attached hydrogen (secondary N) is 1. The zero-order valence-electron chi connectivity index (χ0n) is 22.1. The minimum absolute atomic E-state index is 0.108. The predicted molar refractivity (Wildman–Crippen MR) is 145 cm³/mol. The topological polar surface area (TPSA) is 129 Å². The van der Waals surface area contributed by atoms with Crippen LogP contribution in [0.25, 0.3) is 6.08 Å². The van der Waals surface area contributed by atoms with Crippen LogP contribution >= 0.6 is 0 Å². The highest BCUT2D eigenvalue weighted by Gasteiger charge is 2.46. The number of hydrogen-bond donors (Lipinski definition) is 3. The molecule has 1 spiro atoms. The monoisotopic (exact) mass is 559 g/mol. The Balaban J connectivity index is 1.40. The van der Waals surface area contributed by atoms with Gasteiger partial charge in [-0.1, -0.05) is 18.7 Å². The number of piperidine rings is 1. The highest BCUT2D eigenvalue weighted by atomic mass is 19.4. The molecule has 0 bridgehead atoms. The molecule has 0 unspecified atom stereocenters. The van der Waals surface area contributed by atoms with Crippen LogP contribution < -0.4 is 25.7 Å². The molecule has 5 rings (SSSR count). The summed E-state index contributed by atoms with van der Waals surface area (Å²) in [7, 11) is 0. The number of carboxylic acid groups (broad SMARTS) is 1. The van der Waals surface area contributed by atoms with Gasteiger partial charge in [0.2, 0.25) is 17.9 Å². The van der Waals surface area contributed by atoms with Crippen molar-refractivity contribution in [1.82, 2.24) is 15.3 Å². The number of aliphatic carboxylic acids is 1. The Kier molecular flexibility index (Phi) is 7.34. The van der Waals surface area contributed by atoms with Crippen LogP contribution in [0.15, 0.2) is 35.9 Å². The number of nitrogens with zero attached hydrogens (tertiary/aromatic N) is 5. The van der Waals surface area contributed by atoms with Crippen LogP contribution in [0.4, 0.5) is 30.6 Å². The van der Waals surface area contributed by atoms with Crippen LogP contribution in [0.3, 0.4) is 0 Å². The molecule has 2 aromatic rings. The molecule has 2 atom stereocenters. The molecule has 0 radical (unpaired) electrons. The van der Waals surface area contributed by atoms with Gasteiger partial charge < -0.3 is 25.8 Å². The molecule has 10 nitrogen and oxygen atoms in total. The van der Waals surface area contributed by atoms with Crippen molar-refractivity contribution in [3.63, 3.8) is 0 Å². The van der Waals surface area contributed by atoms with Gasteiger partial charge in [0, 0.05) is 49.9 Å². The van der Waals surface area contributed by atoms with Crippen molar-refractivity contribution in [3.8, 4) is 5.88 Å². The molecule has 4 N–H and O–H groups in total. The standard InChI is InChI=1S/C27H32F3N7O3/c1-3-17-4-5-20(37-9-6-16(2)35-37)18(12-17)23(27(28,29)30)40-22-13-21(33-25(31)34-22)36-10-7-26(8-11-36)14-19(24(38)39)32-15-26/h3-5,12-13,19,23,32H,1,6-11,14-15H2,2H3,(H,38,39)(H2,31,33,34)/t19-,23+/m0/s1. The van der Waals surface area contributed by atoms with Crippen molar-refractivity contribution in [3.05, 3.63) is 42.0 Å². The van der Waals surface area contributed by atoms with E-state index >= 15 is 0 Å². The van der Waals surface area contributed by atoms with Crippen LogP contribution in [0.1, 0.15) is 49.8 Å². The summed E-state index contributed by atoms with van der Waals surface area (Å²) in [5.41, 5.74) is 7.30. The van der Waals surface area contributed by atoms with Crippen LogP contribution in [-0.4, -0.2) is 65.2 Å². The molecular formula is C27H32F3N7O3. The quantitative estimate of drug-likeness (QED) is 0.461. The van der Waals surface area contributed by atoms with Crippen molar-refractivity contribution in [2.24, 2.45) is 10.5 Å². The van der Waals surface area contributed by atoms with Crippen LogP contribution in [0.2, 0.25) is 0 Å². The van der Waals surface area contributed by atoms with Crippen molar-refractivity contribution in [2.75, 3.05) is 41.8 Å². The van der Waals surface area contributed by atoms with Crippen LogP contribution in [0.5, 0.6) is 5.88 Å². The first-order chi connectivity index (χ1) is 19.0. The Morgan fingerprint density at radius 3 is 2.62 bits per heavy atom. The van der Waals surface area contributed by atoms with E-state index in [0.29, 0.717) is 63.2 Å². The molecule has 4 heterocycles. The molecular weight excluding hydrogens is 527 g/mol. The molecule has 0 saturated carbocycles. The van der Waals surface area contributed by atoms with E-state index in [0.717, 1.165) is 5.71 Å². The molecule has 13 heteroatoms. The highest BCUT2D eigenvalue weighted by molar-refractivity contribution is 5.86. The molecule has 1 aromatic carbocycles. The Morgan fingerprint density at radius 1 is 1.27 bits per heavy atom. The first-order valence-corrected chi connectivity index (χ1v) is 13.1. The summed E-state index contributed by atoms with van der Waals surface area (Å²) in [5.74, 6) is -1.01. The fourth-order valence-electron chi connectivity index (χ4n) is 5.66. The SMILES string of the molecule is C=Cc1ccc(N2CCC(C)=N2)c([C@@H](Oc2cc(N3CCC4(CC3)CN[C@H](C(=O)O)C4)nc(N)n2)C(F)(F)F)c1. The number of carboxylic acids is 1. The van der Waals surface area contributed by atoms with E-state index < -0.39 is 24.3 Å². The number of aromatic nitrogens is 2. The fraction of sp³-hybridized carbons (Fsp3) is 0.481. The Labute approximate surface area is 229 Å². The number of benzene rings is 1. The average Bonchev–Trinajstić information content (AvgIpc) is 3.53. The molecule has 2 fully saturated rings. The third-order valence-electron chi connectivity index (χ3n) is 7.87. The minimum atomic E-state index is -4.78. The van der Waals surface area contributed by atoms with E-state index in [1.54, 1.807) is 17.1 Å². The molecule has 2 saturated heterocycles. The van der Waals surface area contributed by atoms with E-state index in [-0.39, 0.29) is 28.5 Å². The summed E-state index contributed by atoms with van der Waals surface area (Å²) in [4.78, 5) is 21.5. The van der Waals surface area contributed by atoms with Gasteiger partial charge in [-0.3, -0.25) is 9.80 Å². The number of halogens is 3. The number of nitrogen functional groups attached to an aromatic ring is 1. The third-order valence-corrected chi connectivity index (χ3v) is 7.87. The maximum Gasteiger partial charge on any atom is 0.429 e. The van der Waals surface area contributed by atoms with Gasteiger partial charge in [0.1, 0.15) is 11.9 Å². The van der Waals surface area contributed by atoms with Gasteiger partial charge in [-0.25, -0.2) is 0 Å². The van der Waals surface area contributed by atoms with E-state index in [9.17, 15) is 23.1 Å². The molecule has 3 aliphatic rings. The van der Waals surface area contributed by atoms with Gasteiger partial charge in [0.05, 0.1) is 5.69 Å².